The van der Waals surface area contributed by atoms with Crippen LogP contribution in [-0.4, -0.2) is 12.6 Å². The van der Waals surface area contributed by atoms with Crippen molar-refractivity contribution in [2.24, 2.45) is 5.92 Å². The van der Waals surface area contributed by atoms with Crippen LogP contribution < -0.4 is 5.32 Å². The highest BCUT2D eigenvalue weighted by molar-refractivity contribution is 5.85. The molecule has 0 aromatic rings. The van der Waals surface area contributed by atoms with Crippen molar-refractivity contribution < 1.29 is 0 Å². The Bertz CT molecular complexity index is 100. The van der Waals surface area contributed by atoms with E-state index in [1.807, 2.05) is 0 Å². The summed E-state index contributed by atoms with van der Waals surface area (Å²) < 4.78 is 0. The van der Waals surface area contributed by atoms with Crippen LogP contribution in [0, 0.1) is 5.92 Å². The van der Waals surface area contributed by atoms with E-state index in [4.69, 9.17) is 0 Å². The second-order valence-corrected chi connectivity index (χ2v) is 2.74. The molecule has 2 atom stereocenters. The number of fused-ring (bicyclic) bond motifs is 2. The van der Waals surface area contributed by atoms with Gasteiger partial charge in [-0.25, -0.2) is 0 Å². The third-order valence-corrected chi connectivity index (χ3v) is 2.11. The van der Waals surface area contributed by atoms with Crippen LogP contribution >= 0.6 is 12.4 Å². The fourth-order valence-electron chi connectivity index (χ4n) is 1.52. The maximum absolute atomic E-state index is 3.43. The van der Waals surface area contributed by atoms with Crippen LogP contribution in [0.2, 0.25) is 0 Å². The molecule has 2 aliphatic heterocycles. The van der Waals surface area contributed by atoms with Crippen LogP contribution in [0.25, 0.3) is 0 Å². The molecule has 0 saturated carbocycles. The minimum absolute atomic E-state index is 0. The van der Waals surface area contributed by atoms with E-state index in [0.717, 1.165) is 12.0 Å². The minimum Gasteiger partial charge on any atom is -0.310 e. The Morgan fingerprint density at radius 2 is 2.11 bits per heavy atom. The van der Waals surface area contributed by atoms with Crippen LogP contribution in [0.4, 0.5) is 0 Å². The van der Waals surface area contributed by atoms with Gasteiger partial charge < -0.3 is 5.32 Å². The number of hydrogen-bond donors (Lipinski definition) is 1. The summed E-state index contributed by atoms with van der Waals surface area (Å²) in [6.45, 7) is 1.22. The molecule has 1 saturated heterocycles. The van der Waals surface area contributed by atoms with Gasteiger partial charge in [0.2, 0.25) is 0 Å². The third-order valence-electron chi connectivity index (χ3n) is 2.11. The first-order valence-corrected chi connectivity index (χ1v) is 3.37. The Morgan fingerprint density at radius 3 is 2.22 bits per heavy atom. The SMILES string of the molecule is C1=C[C@@H]2CC[C@H]1CN2.Cl. The van der Waals surface area contributed by atoms with Crippen molar-refractivity contribution in [2.75, 3.05) is 6.54 Å². The lowest BCUT2D eigenvalue weighted by Gasteiger charge is -2.31. The Balaban J connectivity index is 0.000000405. The van der Waals surface area contributed by atoms with E-state index in [9.17, 15) is 0 Å². The lowest BCUT2D eigenvalue weighted by atomic mass is 9.88. The van der Waals surface area contributed by atoms with E-state index < -0.39 is 0 Å². The van der Waals surface area contributed by atoms with E-state index in [2.05, 4.69) is 17.5 Å². The lowest BCUT2D eigenvalue weighted by Crippen LogP contribution is -2.40. The predicted octanol–water partition coefficient (Wildman–Crippen LogP) is 1.35. The highest BCUT2D eigenvalue weighted by Crippen LogP contribution is 2.21. The van der Waals surface area contributed by atoms with Crippen LogP contribution in [0.1, 0.15) is 12.8 Å². The maximum Gasteiger partial charge on any atom is 0.0250 e. The van der Waals surface area contributed by atoms with E-state index in [-0.39, 0.29) is 12.4 Å². The molecule has 0 radical (unpaired) electrons. The van der Waals surface area contributed by atoms with Crippen molar-refractivity contribution in [3.8, 4) is 0 Å². The van der Waals surface area contributed by atoms with E-state index >= 15 is 0 Å². The molecule has 0 amide bonds. The van der Waals surface area contributed by atoms with Gasteiger partial charge in [0.15, 0.2) is 0 Å². The Morgan fingerprint density at radius 1 is 1.22 bits per heavy atom. The second-order valence-electron chi connectivity index (χ2n) is 2.74. The zero-order chi connectivity index (χ0) is 5.40. The summed E-state index contributed by atoms with van der Waals surface area (Å²) in [6, 6.07) is 0.722. The van der Waals surface area contributed by atoms with E-state index in [1.165, 1.54) is 19.4 Å². The highest BCUT2D eigenvalue weighted by Gasteiger charge is 2.20. The number of hydrogen-bond acceptors (Lipinski definition) is 1. The summed E-state index contributed by atoms with van der Waals surface area (Å²) in [4.78, 5) is 0. The normalized spacial score (nSPS) is 38.2. The number of nitrogens with one attached hydrogen (secondary N) is 1. The number of piperidine rings is 1. The first-order valence-electron chi connectivity index (χ1n) is 3.37. The minimum atomic E-state index is 0. The number of halogens is 1. The van der Waals surface area contributed by atoms with Crippen molar-refractivity contribution >= 4 is 12.4 Å². The molecule has 0 spiro atoms. The van der Waals surface area contributed by atoms with Crippen molar-refractivity contribution in [1.82, 2.24) is 5.32 Å². The summed E-state index contributed by atoms with van der Waals surface area (Å²) in [5.74, 6) is 0.861. The van der Waals surface area contributed by atoms with Gasteiger partial charge in [-0.1, -0.05) is 12.2 Å². The van der Waals surface area contributed by atoms with Crippen molar-refractivity contribution in [3.05, 3.63) is 12.2 Å². The molecule has 1 aliphatic carbocycles. The molecule has 2 heterocycles. The number of rotatable bonds is 0. The quantitative estimate of drug-likeness (QED) is 0.508. The van der Waals surface area contributed by atoms with Gasteiger partial charge in [0.1, 0.15) is 0 Å². The lowest BCUT2D eigenvalue weighted by molar-refractivity contribution is 0.363. The highest BCUT2D eigenvalue weighted by atomic mass is 35.5. The van der Waals surface area contributed by atoms with Crippen LogP contribution in [0.3, 0.4) is 0 Å². The van der Waals surface area contributed by atoms with Gasteiger partial charge in [-0.05, 0) is 18.8 Å². The molecule has 1 nitrogen and oxygen atoms in total. The molecule has 9 heavy (non-hydrogen) atoms. The van der Waals surface area contributed by atoms with Crippen molar-refractivity contribution in [1.29, 1.82) is 0 Å². The van der Waals surface area contributed by atoms with E-state index in [1.54, 1.807) is 0 Å². The van der Waals surface area contributed by atoms with Gasteiger partial charge in [0, 0.05) is 12.6 Å². The maximum atomic E-state index is 3.43. The van der Waals surface area contributed by atoms with Gasteiger partial charge in [-0.2, -0.15) is 0 Å². The summed E-state index contributed by atoms with van der Waals surface area (Å²) in [5, 5.41) is 3.43. The summed E-state index contributed by atoms with van der Waals surface area (Å²) >= 11 is 0. The molecule has 1 fully saturated rings. The van der Waals surface area contributed by atoms with Crippen LogP contribution in [0.5, 0.6) is 0 Å². The molecule has 1 N–H and O–H groups in total. The van der Waals surface area contributed by atoms with Gasteiger partial charge in [-0.15, -0.1) is 12.4 Å². The molecule has 2 bridgehead atoms. The van der Waals surface area contributed by atoms with Crippen molar-refractivity contribution in [3.63, 3.8) is 0 Å². The predicted molar refractivity (Wildman–Crippen MR) is 40.9 cm³/mol. The zero-order valence-corrected chi connectivity index (χ0v) is 6.16. The Kier molecular flexibility index (Phi) is 2.14. The molecular formula is C7H12ClN. The largest absolute Gasteiger partial charge is 0.310 e. The van der Waals surface area contributed by atoms with Gasteiger partial charge in [0.25, 0.3) is 0 Å². The summed E-state index contributed by atoms with van der Waals surface area (Å²) in [6.07, 6.45) is 7.43. The first-order chi connectivity index (χ1) is 3.95. The monoisotopic (exact) mass is 145 g/mol. The third kappa shape index (κ3) is 1.28. The molecule has 0 aromatic heterocycles. The van der Waals surface area contributed by atoms with Gasteiger partial charge in [-0.3, -0.25) is 0 Å². The molecule has 52 valence electrons. The standard InChI is InChI=1S/C7H11N.ClH/c1-3-7-4-2-6(1)5-8-7;/h1,3,6-8H,2,4-5H2;1H/t6-,7+;/m0./s1. The Labute approximate surface area is 61.9 Å². The second kappa shape index (κ2) is 2.72. The zero-order valence-electron chi connectivity index (χ0n) is 5.34. The van der Waals surface area contributed by atoms with Gasteiger partial charge >= 0.3 is 0 Å². The fourth-order valence-corrected chi connectivity index (χ4v) is 1.52. The van der Waals surface area contributed by atoms with Crippen LogP contribution in [-0.2, 0) is 0 Å². The van der Waals surface area contributed by atoms with Gasteiger partial charge in [0.05, 0.1) is 0 Å². The van der Waals surface area contributed by atoms with Crippen LogP contribution in [0.15, 0.2) is 12.2 Å². The summed E-state index contributed by atoms with van der Waals surface area (Å²) in [5.41, 5.74) is 0. The molecule has 2 heteroatoms. The summed E-state index contributed by atoms with van der Waals surface area (Å²) in [7, 11) is 0. The average Bonchev–Trinajstić information content (AvgIpc) is 1.92. The first kappa shape index (κ1) is 7.10. The molecule has 3 aliphatic rings. The van der Waals surface area contributed by atoms with Crippen molar-refractivity contribution in [2.45, 2.75) is 18.9 Å². The average molecular weight is 146 g/mol. The Hall–Kier alpha value is -0.0100. The topological polar surface area (TPSA) is 12.0 Å². The molecular weight excluding hydrogens is 134 g/mol. The smallest absolute Gasteiger partial charge is 0.0250 e. The molecule has 0 aromatic carbocycles. The molecule has 0 unspecified atom stereocenters. The molecule has 3 rings (SSSR count). The van der Waals surface area contributed by atoms with E-state index in [0.29, 0.717) is 0 Å². The fraction of sp³-hybridized carbons (Fsp3) is 0.714.